The average Bonchev–Trinajstić information content (AvgIpc) is 2.52. The predicted octanol–water partition coefficient (Wildman–Crippen LogP) is 2.29. The van der Waals surface area contributed by atoms with Crippen molar-refractivity contribution >= 4 is 6.03 Å². The number of carbonyl (C=O) groups is 1. The monoisotopic (exact) mass is 320 g/mol. The Labute approximate surface area is 138 Å². The highest BCUT2D eigenvalue weighted by molar-refractivity contribution is 5.74. The molecule has 1 aliphatic heterocycles. The molecule has 23 heavy (non-hydrogen) atoms. The van der Waals surface area contributed by atoms with Crippen LogP contribution in [0.3, 0.4) is 0 Å². The molecule has 0 aromatic heterocycles. The normalized spacial score (nSPS) is 18.1. The zero-order valence-corrected chi connectivity index (χ0v) is 14.4. The van der Waals surface area contributed by atoms with Crippen LogP contribution in [0.4, 0.5) is 4.79 Å². The fourth-order valence-corrected chi connectivity index (χ4v) is 3.24. The van der Waals surface area contributed by atoms with E-state index < -0.39 is 0 Å². The first-order chi connectivity index (χ1) is 11.0. The van der Waals surface area contributed by atoms with Crippen molar-refractivity contribution < 1.29 is 14.6 Å². The van der Waals surface area contributed by atoms with Gasteiger partial charge in [0.1, 0.15) is 0 Å². The lowest BCUT2D eigenvalue weighted by Gasteiger charge is -2.32. The molecule has 0 saturated carbocycles. The number of carbonyl (C=O) groups excluding carboxylic acids is 1. The van der Waals surface area contributed by atoms with E-state index in [2.05, 4.69) is 38.2 Å². The molecule has 1 fully saturated rings. The first-order valence-corrected chi connectivity index (χ1v) is 8.33. The fourth-order valence-electron chi connectivity index (χ4n) is 3.24. The van der Waals surface area contributed by atoms with E-state index in [9.17, 15) is 4.79 Å². The van der Waals surface area contributed by atoms with E-state index in [1.165, 1.54) is 22.3 Å². The second-order valence-electron chi connectivity index (χ2n) is 6.34. The number of urea groups is 1. The molecule has 1 atom stereocenters. The molecular formula is C18H28N2O3. The van der Waals surface area contributed by atoms with Gasteiger partial charge in [0.2, 0.25) is 0 Å². The second-order valence-corrected chi connectivity index (χ2v) is 6.34. The van der Waals surface area contributed by atoms with Crippen molar-refractivity contribution in [3.05, 3.63) is 34.4 Å². The maximum absolute atomic E-state index is 12.4. The van der Waals surface area contributed by atoms with Gasteiger partial charge < -0.3 is 20.1 Å². The third-order valence-electron chi connectivity index (χ3n) is 4.37. The molecule has 128 valence electrons. The standard InChI is InChI=1S/C18H28N2O3/c1-13-9-14(2)17(15(3)10-13)11-19-18(22)20-6-4-5-16(12-20)23-8-7-21/h9-10,16,21H,4-8,11-12H2,1-3H3,(H,19,22)/t16-/m0/s1. The number of nitrogens with one attached hydrogen (secondary N) is 1. The molecule has 2 amide bonds. The van der Waals surface area contributed by atoms with Gasteiger partial charge in [-0.2, -0.15) is 0 Å². The van der Waals surface area contributed by atoms with Crippen molar-refractivity contribution in [2.75, 3.05) is 26.3 Å². The van der Waals surface area contributed by atoms with Crippen LogP contribution in [0.2, 0.25) is 0 Å². The summed E-state index contributed by atoms with van der Waals surface area (Å²) in [5.74, 6) is 0. The lowest BCUT2D eigenvalue weighted by atomic mass is 10.00. The summed E-state index contributed by atoms with van der Waals surface area (Å²) < 4.78 is 5.56. The molecule has 0 bridgehead atoms. The third-order valence-corrected chi connectivity index (χ3v) is 4.37. The Morgan fingerprint density at radius 3 is 2.70 bits per heavy atom. The largest absolute Gasteiger partial charge is 0.394 e. The number of aryl methyl sites for hydroxylation is 3. The number of hydrogen-bond acceptors (Lipinski definition) is 3. The van der Waals surface area contributed by atoms with Crippen LogP contribution >= 0.6 is 0 Å². The molecular weight excluding hydrogens is 292 g/mol. The molecule has 0 spiro atoms. The van der Waals surface area contributed by atoms with Crippen molar-refractivity contribution in [3.8, 4) is 0 Å². The Morgan fingerprint density at radius 2 is 2.04 bits per heavy atom. The molecule has 5 nitrogen and oxygen atoms in total. The van der Waals surface area contributed by atoms with Gasteiger partial charge in [-0.3, -0.25) is 0 Å². The number of aliphatic hydroxyl groups is 1. The minimum absolute atomic E-state index is 0.0225. The topological polar surface area (TPSA) is 61.8 Å². The molecule has 1 aromatic carbocycles. The minimum atomic E-state index is -0.0401. The van der Waals surface area contributed by atoms with Crippen LogP contribution in [0.5, 0.6) is 0 Å². The highest BCUT2D eigenvalue weighted by Gasteiger charge is 2.24. The van der Waals surface area contributed by atoms with E-state index in [-0.39, 0.29) is 18.7 Å². The van der Waals surface area contributed by atoms with Gasteiger partial charge in [-0.25, -0.2) is 4.79 Å². The van der Waals surface area contributed by atoms with Crippen LogP contribution in [-0.2, 0) is 11.3 Å². The maximum atomic E-state index is 12.4. The number of hydrogen-bond donors (Lipinski definition) is 2. The SMILES string of the molecule is Cc1cc(C)c(CNC(=O)N2CCC[C@H](OCCO)C2)c(C)c1. The number of nitrogens with zero attached hydrogens (tertiary/aromatic N) is 1. The van der Waals surface area contributed by atoms with Crippen molar-refractivity contribution in [1.29, 1.82) is 0 Å². The van der Waals surface area contributed by atoms with Gasteiger partial charge in [-0.05, 0) is 50.3 Å². The van der Waals surface area contributed by atoms with E-state index in [0.717, 1.165) is 19.4 Å². The Kier molecular flexibility index (Phi) is 6.42. The van der Waals surface area contributed by atoms with Crippen LogP contribution in [-0.4, -0.2) is 48.4 Å². The summed E-state index contributed by atoms with van der Waals surface area (Å²) >= 11 is 0. The van der Waals surface area contributed by atoms with E-state index in [1.807, 2.05) is 4.90 Å². The van der Waals surface area contributed by atoms with Gasteiger partial charge in [0.15, 0.2) is 0 Å². The lowest BCUT2D eigenvalue weighted by Crippen LogP contribution is -2.47. The summed E-state index contributed by atoms with van der Waals surface area (Å²) in [5, 5.41) is 11.9. The van der Waals surface area contributed by atoms with Crippen molar-refractivity contribution in [2.45, 2.75) is 46.3 Å². The molecule has 0 unspecified atom stereocenters. The summed E-state index contributed by atoms with van der Waals surface area (Å²) in [6.07, 6.45) is 1.91. The molecule has 0 radical (unpaired) electrons. The Balaban J connectivity index is 1.89. The molecule has 0 aliphatic carbocycles. The van der Waals surface area contributed by atoms with Crippen LogP contribution in [0.1, 0.15) is 35.1 Å². The summed E-state index contributed by atoms with van der Waals surface area (Å²) in [5.41, 5.74) is 4.86. The van der Waals surface area contributed by atoms with Crippen LogP contribution in [0, 0.1) is 20.8 Å². The molecule has 2 N–H and O–H groups in total. The molecule has 1 saturated heterocycles. The van der Waals surface area contributed by atoms with Crippen molar-refractivity contribution in [2.24, 2.45) is 0 Å². The molecule has 1 aliphatic rings. The highest BCUT2D eigenvalue weighted by atomic mass is 16.5. The second kappa shape index (κ2) is 8.31. The third kappa shape index (κ3) is 4.94. The number of ether oxygens (including phenoxy) is 1. The molecule has 5 heteroatoms. The quantitative estimate of drug-likeness (QED) is 0.875. The molecule has 1 aromatic rings. The Bertz CT molecular complexity index is 522. The summed E-state index contributed by atoms with van der Waals surface area (Å²) in [6, 6.07) is 4.25. The summed E-state index contributed by atoms with van der Waals surface area (Å²) in [4.78, 5) is 14.2. The van der Waals surface area contributed by atoms with Gasteiger partial charge in [0.25, 0.3) is 0 Å². The number of benzene rings is 1. The van der Waals surface area contributed by atoms with Crippen LogP contribution in [0.25, 0.3) is 0 Å². The number of piperidine rings is 1. The molecule has 2 rings (SSSR count). The Hall–Kier alpha value is -1.59. The molecule has 1 heterocycles. The van der Waals surface area contributed by atoms with Gasteiger partial charge in [-0.1, -0.05) is 17.7 Å². The fraction of sp³-hybridized carbons (Fsp3) is 0.611. The van der Waals surface area contributed by atoms with Gasteiger partial charge >= 0.3 is 6.03 Å². The minimum Gasteiger partial charge on any atom is -0.394 e. The lowest BCUT2D eigenvalue weighted by molar-refractivity contribution is -0.00580. The van der Waals surface area contributed by atoms with E-state index >= 15 is 0 Å². The van der Waals surface area contributed by atoms with Crippen molar-refractivity contribution in [3.63, 3.8) is 0 Å². The smallest absolute Gasteiger partial charge is 0.317 e. The summed E-state index contributed by atoms with van der Waals surface area (Å²) in [6.45, 7) is 8.52. The summed E-state index contributed by atoms with van der Waals surface area (Å²) in [7, 11) is 0. The van der Waals surface area contributed by atoms with E-state index in [4.69, 9.17) is 9.84 Å². The average molecular weight is 320 g/mol. The zero-order valence-electron chi connectivity index (χ0n) is 14.4. The number of aliphatic hydroxyl groups excluding tert-OH is 1. The zero-order chi connectivity index (χ0) is 16.8. The van der Waals surface area contributed by atoms with Crippen LogP contribution in [0.15, 0.2) is 12.1 Å². The highest BCUT2D eigenvalue weighted by Crippen LogP contribution is 2.17. The number of rotatable bonds is 5. The van der Waals surface area contributed by atoms with Crippen LogP contribution < -0.4 is 5.32 Å². The van der Waals surface area contributed by atoms with E-state index in [1.54, 1.807) is 0 Å². The van der Waals surface area contributed by atoms with E-state index in [0.29, 0.717) is 19.7 Å². The first kappa shape index (κ1) is 17.8. The van der Waals surface area contributed by atoms with Gasteiger partial charge in [-0.15, -0.1) is 0 Å². The Morgan fingerprint density at radius 1 is 1.35 bits per heavy atom. The first-order valence-electron chi connectivity index (χ1n) is 8.33. The van der Waals surface area contributed by atoms with Crippen molar-refractivity contribution in [1.82, 2.24) is 10.2 Å². The number of amides is 2. The van der Waals surface area contributed by atoms with Gasteiger partial charge in [0, 0.05) is 19.6 Å². The number of likely N-dealkylation sites (tertiary alicyclic amines) is 1. The maximum Gasteiger partial charge on any atom is 0.317 e. The van der Waals surface area contributed by atoms with Gasteiger partial charge in [0.05, 0.1) is 19.3 Å². The predicted molar refractivity (Wildman–Crippen MR) is 90.5 cm³/mol.